The smallest absolute Gasteiger partial charge is 0.146 e. The molecular formula is C9H16N4S. The molecule has 4 nitrogen and oxygen atoms in total. The van der Waals surface area contributed by atoms with Crippen LogP contribution in [0, 0.1) is 5.92 Å². The van der Waals surface area contributed by atoms with E-state index in [1.807, 2.05) is 23.4 Å². The number of aromatic nitrogens is 3. The monoisotopic (exact) mass is 212 g/mol. The van der Waals surface area contributed by atoms with Crippen molar-refractivity contribution in [2.24, 2.45) is 13.0 Å². The summed E-state index contributed by atoms with van der Waals surface area (Å²) in [6.07, 6.45) is 1.74. The molecule has 1 aliphatic heterocycles. The second kappa shape index (κ2) is 4.31. The average molecular weight is 212 g/mol. The highest BCUT2D eigenvalue weighted by Crippen LogP contribution is 2.23. The van der Waals surface area contributed by atoms with E-state index in [1.54, 1.807) is 6.33 Å². The fourth-order valence-electron chi connectivity index (χ4n) is 1.61. The Bertz CT molecular complexity index is 299. The largest absolute Gasteiger partial charge is 0.320 e. The molecule has 0 aliphatic carbocycles. The molecule has 2 rings (SSSR count). The molecule has 0 spiro atoms. The van der Waals surface area contributed by atoms with E-state index in [9.17, 15) is 0 Å². The number of hydrogen-bond acceptors (Lipinski definition) is 4. The van der Waals surface area contributed by atoms with Gasteiger partial charge in [-0.05, 0) is 11.7 Å². The zero-order valence-corrected chi connectivity index (χ0v) is 9.42. The molecule has 1 fully saturated rings. The van der Waals surface area contributed by atoms with E-state index >= 15 is 0 Å². The first-order chi connectivity index (χ1) is 6.77. The van der Waals surface area contributed by atoms with Crippen LogP contribution in [0.1, 0.15) is 12.7 Å². The Kier molecular flexibility index (Phi) is 3.08. The van der Waals surface area contributed by atoms with Gasteiger partial charge in [-0.2, -0.15) is 11.8 Å². The van der Waals surface area contributed by atoms with Crippen LogP contribution in [-0.2, 0) is 13.6 Å². The summed E-state index contributed by atoms with van der Waals surface area (Å²) < 4.78 is 1.96. The van der Waals surface area contributed by atoms with Crippen molar-refractivity contribution in [3.63, 3.8) is 0 Å². The predicted octanol–water partition coefficient (Wildman–Crippen LogP) is 0.656. The lowest BCUT2D eigenvalue weighted by molar-refractivity contribution is 0.444. The topological polar surface area (TPSA) is 42.7 Å². The molecule has 14 heavy (non-hydrogen) atoms. The highest BCUT2D eigenvalue weighted by atomic mass is 32.2. The number of thioether (sulfide) groups is 1. The van der Waals surface area contributed by atoms with Crippen LogP contribution in [0.5, 0.6) is 0 Å². The van der Waals surface area contributed by atoms with Crippen LogP contribution in [0.25, 0.3) is 0 Å². The lowest BCUT2D eigenvalue weighted by atomic mass is 10.1. The van der Waals surface area contributed by atoms with Gasteiger partial charge in [0.05, 0.1) is 6.54 Å². The minimum absolute atomic E-state index is 0.636. The first-order valence-electron chi connectivity index (χ1n) is 4.91. The molecular weight excluding hydrogens is 196 g/mol. The Morgan fingerprint density at radius 3 is 3.07 bits per heavy atom. The van der Waals surface area contributed by atoms with Crippen LogP contribution >= 0.6 is 11.8 Å². The third-order valence-electron chi connectivity index (χ3n) is 2.69. The standard InChI is InChI=1S/C9H16N4S/c1-7-4-14-5-8(7)10-3-9-12-11-6-13(9)2/h6-8,10H,3-5H2,1-2H3. The van der Waals surface area contributed by atoms with Gasteiger partial charge < -0.3 is 9.88 Å². The van der Waals surface area contributed by atoms with Gasteiger partial charge in [0, 0.05) is 18.8 Å². The van der Waals surface area contributed by atoms with Crippen LogP contribution in [-0.4, -0.2) is 32.3 Å². The minimum Gasteiger partial charge on any atom is -0.320 e. The molecule has 1 aromatic heterocycles. The number of nitrogens with zero attached hydrogens (tertiary/aromatic N) is 3. The summed E-state index contributed by atoms with van der Waals surface area (Å²) in [4.78, 5) is 0. The summed E-state index contributed by atoms with van der Waals surface area (Å²) in [6.45, 7) is 3.13. The van der Waals surface area contributed by atoms with Crippen molar-refractivity contribution in [1.29, 1.82) is 0 Å². The molecule has 78 valence electrons. The SMILES string of the molecule is CC1CSCC1NCc1nncn1C. The van der Waals surface area contributed by atoms with Gasteiger partial charge in [0.2, 0.25) is 0 Å². The van der Waals surface area contributed by atoms with Gasteiger partial charge in [-0.1, -0.05) is 6.92 Å². The number of aryl methyl sites for hydroxylation is 1. The third-order valence-corrected chi connectivity index (χ3v) is 4.05. The zero-order valence-electron chi connectivity index (χ0n) is 8.60. The predicted molar refractivity (Wildman–Crippen MR) is 58.1 cm³/mol. The molecule has 2 atom stereocenters. The van der Waals surface area contributed by atoms with Crippen LogP contribution in [0.2, 0.25) is 0 Å². The van der Waals surface area contributed by atoms with Gasteiger partial charge in [0.25, 0.3) is 0 Å². The Morgan fingerprint density at radius 2 is 2.50 bits per heavy atom. The molecule has 2 unspecified atom stereocenters. The summed E-state index contributed by atoms with van der Waals surface area (Å²) in [5.41, 5.74) is 0. The molecule has 0 aromatic carbocycles. The van der Waals surface area contributed by atoms with Gasteiger partial charge in [-0.25, -0.2) is 0 Å². The van der Waals surface area contributed by atoms with Crippen molar-refractivity contribution in [3.8, 4) is 0 Å². The lowest BCUT2D eigenvalue weighted by Crippen LogP contribution is -2.34. The number of rotatable bonds is 3. The number of hydrogen-bond donors (Lipinski definition) is 1. The minimum atomic E-state index is 0.636. The van der Waals surface area contributed by atoms with Crippen molar-refractivity contribution in [3.05, 3.63) is 12.2 Å². The maximum Gasteiger partial charge on any atom is 0.146 e. The van der Waals surface area contributed by atoms with E-state index in [-0.39, 0.29) is 0 Å². The van der Waals surface area contributed by atoms with E-state index in [2.05, 4.69) is 22.4 Å². The molecule has 5 heteroatoms. The van der Waals surface area contributed by atoms with Crippen LogP contribution < -0.4 is 5.32 Å². The van der Waals surface area contributed by atoms with Crippen LogP contribution in [0.15, 0.2) is 6.33 Å². The first-order valence-corrected chi connectivity index (χ1v) is 6.07. The Balaban J connectivity index is 1.85. The van der Waals surface area contributed by atoms with Crippen molar-refractivity contribution in [2.75, 3.05) is 11.5 Å². The average Bonchev–Trinajstić information content (AvgIpc) is 2.72. The molecule has 1 N–H and O–H groups in total. The number of nitrogens with one attached hydrogen (secondary N) is 1. The normalized spacial score (nSPS) is 27.0. The second-order valence-corrected chi connectivity index (χ2v) is 4.94. The third kappa shape index (κ3) is 2.09. The van der Waals surface area contributed by atoms with Gasteiger partial charge in [-0.3, -0.25) is 0 Å². The van der Waals surface area contributed by atoms with Crippen LogP contribution in [0.3, 0.4) is 0 Å². The highest BCUT2D eigenvalue weighted by molar-refractivity contribution is 7.99. The molecule has 0 saturated carbocycles. The summed E-state index contributed by atoms with van der Waals surface area (Å²) in [5.74, 6) is 4.28. The summed E-state index contributed by atoms with van der Waals surface area (Å²) in [6, 6.07) is 0.636. The van der Waals surface area contributed by atoms with Crippen LogP contribution in [0.4, 0.5) is 0 Å². The molecule has 0 amide bonds. The first kappa shape index (κ1) is 9.98. The van der Waals surface area contributed by atoms with E-state index in [1.165, 1.54) is 11.5 Å². The Labute approximate surface area is 88.5 Å². The Hall–Kier alpha value is -0.550. The summed E-state index contributed by atoms with van der Waals surface area (Å²) in [7, 11) is 1.98. The van der Waals surface area contributed by atoms with Gasteiger partial charge in [-0.15, -0.1) is 10.2 Å². The van der Waals surface area contributed by atoms with Gasteiger partial charge in [0.15, 0.2) is 0 Å². The zero-order chi connectivity index (χ0) is 9.97. The van der Waals surface area contributed by atoms with Crippen molar-refractivity contribution in [1.82, 2.24) is 20.1 Å². The maximum absolute atomic E-state index is 4.05. The fraction of sp³-hybridized carbons (Fsp3) is 0.778. The van der Waals surface area contributed by atoms with Gasteiger partial charge >= 0.3 is 0 Å². The fourth-order valence-corrected chi connectivity index (χ4v) is 3.05. The van der Waals surface area contributed by atoms with E-state index < -0.39 is 0 Å². The molecule has 1 aromatic rings. The molecule has 0 radical (unpaired) electrons. The van der Waals surface area contributed by atoms with Crippen molar-refractivity contribution >= 4 is 11.8 Å². The molecule has 2 heterocycles. The lowest BCUT2D eigenvalue weighted by Gasteiger charge is -2.15. The van der Waals surface area contributed by atoms with Gasteiger partial charge in [0.1, 0.15) is 12.2 Å². The maximum atomic E-state index is 4.05. The quantitative estimate of drug-likeness (QED) is 0.799. The molecule has 0 bridgehead atoms. The van der Waals surface area contributed by atoms with Crippen molar-refractivity contribution < 1.29 is 0 Å². The molecule has 1 aliphatic rings. The molecule has 1 saturated heterocycles. The summed E-state index contributed by atoms with van der Waals surface area (Å²) in [5, 5.41) is 11.4. The van der Waals surface area contributed by atoms with E-state index in [0.29, 0.717) is 6.04 Å². The Morgan fingerprint density at radius 1 is 1.64 bits per heavy atom. The van der Waals surface area contributed by atoms with E-state index in [4.69, 9.17) is 0 Å². The second-order valence-electron chi connectivity index (χ2n) is 3.86. The summed E-state index contributed by atoms with van der Waals surface area (Å²) >= 11 is 2.03. The highest BCUT2D eigenvalue weighted by Gasteiger charge is 2.23. The van der Waals surface area contributed by atoms with Crippen molar-refractivity contribution in [2.45, 2.75) is 19.5 Å². The van der Waals surface area contributed by atoms with E-state index in [0.717, 1.165) is 18.3 Å².